The number of aryl methyl sites for hydroxylation is 1. The molecule has 126 valence electrons. The van der Waals surface area contributed by atoms with E-state index in [0.29, 0.717) is 5.56 Å². The van der Waals surface area contributed by atoms with Gasteiger partial charge in [0.1, 0.15) is 5.75 Å². The van der Waals surface area contributed by atoms with E-state index in [0.717, 1.165) is 36.3 Å². The van der Waals surface area contributed by atoms with E-state index in [1.54, 1.807) is 12.1 Å². The predicted molar refractivity (Wildman–Crippen MR) is 90.7 cm³/mol. The van der Waals surface area contributed by atoms with E-state index in [9.17, 15) is 13.2 Å². The number of fused-ring (bicyclic) bond motifs is 1. The smallest absolute Gasteiger partial charge is 0.240 e. The van der Waals surface area contributed by atoms with Crippen molar-refractivity contribution in [1.29, 1.82) is 0 Å². The molecule has 0 aromatic heterocycles. The number of Topliss-reactive ketones (excluding diaryl/α,β-unsaturated/α-hetero) is 1. The molecule has 0 spiro atoms. The zero-order valence-electron chi connectivity index (χ0n) is 13.4. The standard InChI is InChI=1S/C18H19NO4S/c1-13(20)15-4-2-6-17(11-15)24(21,22)19-12-14-7-8-18-16(10-14)5-3-9-23-18/h2,4,6-8,10-11,19H,3,5,9,12H2,1H3. The molecule has 0 bridgehead atoms. The number of benzene rings is 2. The van der Waals surface area contributed by atoms with Gasteiger partial charge in [0.2, 0.25) is 10.0 Å². The molecule has 0 unspecified atom stereocenters. The molecule has 1 heterocycles. The number of hydrogen-bond acceptors (Lipinski definition) is 4. The molecule has 1 aliphatic rings. The van der Waals surface area contributed by atoms with Crippen LogP contribution in [0.1, 0.15) is 34.8 Å². The van der Waals surface area contributed by atoms with Gasteiger partial charge in [-0.2, -0.15) is 0 Å². The highest BCUT2D eigenvalue weighted by Crippen LogP contribution is 2.25. The van der Waals surface area contributed by atoms with Gasteiger partial charge in [-0.25, -0.2) is 13.1 Å². The maximum atomic E-state index is 12.4. The molecule has 0 fully saturated rings. The molecule has 0 amide bonds. The summed E-state index contributed by atoms with van der Waals surface area (Å²) in [4.78, 5) is 11.5. The van der Waals surface area contributed by atoms with Gasteiger partial charge in [-0.05, 0) is 49.1 Å². The first-order valence-corrected chi connectivity index (χ1v) is 9.29. The minimum Gasteiger partial charge on any atom is -0.493 e. The minimum atomic E-state index is -3.67. The molecule has 0 aliphatic carbocycles. The molecule has 6 heteroatoms. The van der Waals surface area contributed by atoms with Crippen LogP contribution in [-0.4, -0.2) is 20.8 Å². The molecule has 2 aromatic rings. The fraction of sp³-hybridized carbons (Fsp3) is 0.278. The van der Waals surface area contributed by atoms with Gasteiger partial charge in [-0.15, -0.1) is 0 Å². The van der Waals surface area contributed by atoms with Gasteiger partial charge in [-0.3, -0.25) is 4.79 Å². The molecular weight excluding hydrogens is 326 g/mol. The molecule has 3 rings (SSSR count). The first kappa shape index (κ1) is 16.7. The molecule has 5 nitrogen and oxygen atoms in total. The highest BCUT2D eigenvalue weighted by Gasteiger charge is 2.16. The molecule has 1 N–H and O–H groups in total. The van der Waals surface area contributed by atoms with Crippen LogP contribution in [-0.2, 0) is 23.0 Å². The minimum absolute atomic E-state index is 0.0940. The van der Waals surface area contributed by atoms with Gasteiger partial charge in [-0.1, -0.05) is 24.3 Å². The van der Waals surface area contributed by atoms with Crippen molar-refractivity contribution in [1.82, 2.24) is 4.72 Å². The quantitative estimate of drug-likeness (QED) is 0.846. The van der Waals surface area contributed by atoms with Crippen LogP contribution in [0.15, 0.2) is 47.4 Å². The maximum absolute atomic E-state index is 12.4. The Balaban J connectivity index is 1.76. The zero-order valence-corrected chi connectivity index (χ0v) is 14.2. The Hall–Kier alpha value is -2.18. The summed E-state index contributed by atoms with van der Waals surface area (Å²) < 4.78 is 33.0. The van der Waals surface area contributed by atoms with E-state index in [-0.39, 0.29) is 17.2 Å². The Morgan fingerprint density at radius 1 is 1.21 bits per heavy atom. The van der Waals surface area contributed by atoms with Gasteiger partial charge in [0, 0.05) is 12.1 Å². The van der Waals surface area contributed by atoms with E-state index in [2.05, 4.69) is 4.72 Å². The number of rotatable bonds is 5. The largest absolute Gasteiger partial charge is 0.493 e. The van der Waals surface area contributed by atoms with Crippen LogP contribution in [0.5, 0.6) is 5.75 Å². The number of sulfonamides is 1. The average molecular weight is 345 g/mol. The topological polar surface area (TPSA) is 72.5 Å². The van der Waals surface area contributed by atoms with Crippen molar-refractivity contribution < 1.29 is 17.9 Å². The molecule has 1 aliphatic heterocycles. The third-order valence-corrected chi connectivity index (χ3v) is 5.39. The first-order valence-electron chi connectivity index (χ1n) is 7.81. The number of carbonyl (C=O) groups is 1. The number of carbonyl (C=O) groups excluding carboxylic acids is 1. The predicted octanol–water partition coefficient (Wildman–Crippen LogP) is 2.69. The van der Waals surface area contributed by atoms with Gasteiger partial charge in [0.25, 0.3) is 0 Å². The Bertz CT molecular complexity index is 874. The summed E-state index contributed by atoms with van der Waals surface area (Å²) in [6.07, 6.45) is 1.91. The number of hydrogen-bond donors (Lipinski definition) is 1. The molecule has 0 saturated carbocycles. The van der Waals surface area contributed by atoms with Crippen LogP contribution >= 0.6 is 0 Å². The van der Waals surface area contributed by atoms with E-state index < -0.39 is 10.0 Å². The highest BCUT2D eigenvalue weighted by molar-refractivity contribution is 7.89. The summed E-state index contributed by atoms with van der Waals surface area (Å²) >= 11 is 0. The Morgan fingerprint density at radius 2 is 2.04 bits per heavy atom. The average Bonchev–Trinajstić information content (AvgIpc) is 2.60. The van der Waals surface area contributed by atoms with E-state index in [4.69, 9.17) is 4.74 Å². The van der Waals surface area contributed by atoms with Gasteiger partial charge < -0.3 is 4.74 Å². The summed E-state index contributed by atoms with van der Waals surface area (Å²) in [5.41, 5.74) is 2.37. The van der Waals surface area contributed by atoms with Crippen molar-refractivity contribution in [3.63, 3.8) is 0 Å². The van der Waals surface area contributed by atoms with Crippen molar-refractivity contribution in [3.05, 3.63) is 59.2 Å². The van der Waals surface area contributed by atoms with Crippen LogP contribution in [0.3, 0.4) is 0 Å². The van der Waals surface area contributed by atoms with Gasteiger partial charge >= 0.3 is 0 Å². The van der Waals surface area contributed by atoms with Crippen molar-refractivity contribution in [3.8, 4) is 5.75 Å². The van der Waals surface area contributed by atoms with Gasteiger partial charge in [0.15, 0.2) is 5.78 Å². The Labute approximate surface area is 141 Å². The third-order valence-electron chi connectivity index (χ3n) is 3.99. The SMILES string of the molecule is CC(=O)c1cccc(S(=O)(=O)NCc2ccc3c(c2)CCCO3)c1. The summed E-state index contributed by atoms with van der Waals surface area (Å²) in [5.74, 6) is 0.712. The van der Waals surface area contributed by atoms with Crippen molar-refractivity contribution >= 4 is 15.8 Å². The van der Waals surface area contributed by atoms with Crippen molar-refractivity contribution in [2.45, 2.75) is 31.2 Å². The van der Waals surface area contributed by atoms with E-state index in [1.807, 2.05) is 18.2 Å². The molecule has 24 heavy (non-hydrogen) atoms. The van der Waals surface area contributed by atoms with Crippen LogP contribution in [0.25, 0.3) is 0 Å². The second-order valence-electron chi connectivity index (χ2n) is 5.80. The fourth-order valence-corrected chi connectivity index (χ4v) is 3.73. The van der Waals surface area contributed by atoms with Crippen molar-refractivity contribution in [2.24, 2.45) is 0 Å². The van der Waals surface area contributed by atoms with Crippen molar-refractivity contribution in [2.75, 3.05) is 6.61 Å². The molecule has 0 radical (unpaired) electrons. The monoisotopic (exact) mass is 345 g/mol. The first-order chi connectivity index (χ1) is 11.5. The second kappa shape index (κ2) is 6.75. The Morgan fingerprint density at radius 3 is 2.83 bits per heavy atom. The molecule has 0 atom stereocenters. The summed E-state index contributed by atoms with van der Waals surface area (Å²) in [6.45, 7) is 2.33. The third kappa shape index (κ3) is 3.66. The number of ether oxygens (including phenoxy) is 1. The number of nitrogens with one attached hydrogen (secondary N) is 1. The normalized spacial score (nSPS) is 13.9. The second-order valence-corrected chi connectivity index (χ2v) is 7.57. The lowest BCUT2D eigenvalue weighted by Gasteiger charge is -2.18. The van der Waals surface area contributed by atoms with Crippen LogP contribution in [0.4, 0.5) is 0 Å². The van der Waals surface area contributed by atoms with E-state index >= 15 is 0 Å². The summed E-state index contributed by atoms with van der Waals surface area (Å²) in [6, 6.07) is 11.8. The zero-order chi connectivity index (χ0) is 17.2. The van der Waals surface area contributed by atoms with E-state index in [1.165, 1.54) is 19.1 Å². The molecular formula is C18H19NO4S. The maximum Gasteiger partial charge on any atom is 0.240 e. The lowest BCUT2D eigenvalue weighted by atomic mass is 10.0. The lowest BCUT2D eigenvalue weighted by molar-refractivity contribution is 0.101. The molecule has 2 aromatic carbocycles. The lowest BCUT2D eigenvalue weighted by Crippen LogP contribution is -2.23. The highest BCUT2D eigenvalue weighted by atomic mass is 32.2. The van der Waals surface area contributed by atoms with Crippen LogP contribution < -0.4 is 9.46 Å². The van der Waals surface area contributed by atoms with Gasteiger partial charge in [0.05, 0.1) is 11.5 Å². The summed E-state index contributed by atoms with van der Waals surface area (Å²) in [5, 5.41) is 0. The number of ketones is 1. The van der Waals surface area contributed by atoms with Crippen LogP contribution in [0, 0.1) is 0 Å². The van der Waals surface area contributed by atoms with Crippen LogP contribution in [0.2, 0.25) is 0 Å². The summed E-state index contributed by atoms with van der Waals surface area (Å²) in [7, 11) is -3.67. The Kier molecular flexibility index (Phi) is 4.69. The fourth-order valence-electron chi connectivity index (χ4n) is 2.67. The molecule has 0 saturated heterocycles.